The van der Waals surface area contributed by atoms with Crippen LogP contribution in [-0.2, 0) is 10.0 Å². The van der Waals surface area contributed by atoms with Crippen LogP contribution in [0, 0.1) is 5.21 Å². The summed E-state index contributed by atoms with van der Waals surface area (Å²) in [6.45, 7) is 0. The molecular weight excluding hydrogens is 505 g/mol. The Kier molecular flexibility index (Phi) is 6.32. The molecule has 0 radical (unpaired) electrons. The van der Waals surface area contributed by atoms with Crippen molar-refractivity contribution in [2.24, 2.45) is 0 Å². The van der Waals surface area contributed by atoms with Crippen molar-refractivity contribution >= 4 is 31.6 Å². The van der Waals surface area contributed by atoms with Crippen molar-refractivity contribution < 1.29 is 35.8 Å². The number of rotatable bonds is 6. The summed E-state index contributed by atoms with van der Waals surface area (Å²) in [4.78, 5) is -0.0514. The Morgan fingerprint density at radius 2 is 1.48 bits per heavy atom. The van der Waals surface area contributed by atoms with E-state index < -0.39 is 22.1 Å². The summed E-state index contributed by atoms with van der Waals surface area (Å²) < 4.78 is 73.1. The van der Waals surface area contributed by atoms with Crippen LogP contribution in [0.4, 0.5) is 18.9 Å². The topological polar surface area (TPSA) is 82.8 Å². The van der Waals surface area contributed by atoms with E-state index in [-0.39, 0.29) is 26.7 Å². The number of hydrogen-bond donors (Lipinski definition) is 0. The van der Waals surface area contributed by atoms with Crippen molar-refractivity contribution in [1.29, 1.82) is 0 Å². The molecule has 0 atom stereocenters. The maximum atomic E-state index is 12.9. The fourth-order valence-corrected chi connectivity index (χ4v) is 4.34. The van der Waals surface area contributed by atoms with E-state index in [1.165, 1.54) is 61.8 Å². The van der Waals surface area contributed by atoms with Gasteiger partial charge in [0.2, 0.25) is 0 Å². The molecule has 0 saturated heterocycles. The lowest BCUT2D eigenvalue weighted by Gasteiger charge is -2.19. The lowest BCUT2D eigenvalue weighted by Crippen LogP contribution is -2.33. The number of nitrogens with zero attached hydrogens (tertiary/aromatic N) is 2. The molecule has 0 spiro atoms. The van der Waals surface area contributed by atoms with E-state index in [1.54, 1.807) is 0 Å². The zero-order valence-electron chi connectivity index (χ0n) is 15.7. The van der Waals surface area contributed by atoms with E-state index in [1.807, 2.05) is 0 Å². The van der Waals surface area contributed by atoms with Gasteiger partial charge in [-0.05, 0) is 54.6 Å². The number of anilines is 1. The fraction of sp³-hybridized carbons (Fsp3) is 0.105. The minimum Gasteiger partial charge on any atom is -0.618 e. The van der Waals surface area contributed by atoms with Crippen LogP contribution in [0.3, 0.4) is 0 Å². The smallest absolute Gasteiger partial charge is 0.573 e. The maximum Gasteiger partial charge on any atom is 0.573 e. The van der Waals surface area contributed by atoms with E-state index in [0.29, 0.717) is 4.73 Å². The second-order valence-electron chi connectivity index (χ2n) is 6.08. The Morgan fingerprint density at radius 1 is 0.968 bits per heavy atom. The predicted molar refractivity (Wildman–Crippen MR) is 108 cm³/mol. The van der Waals surface area contributed by atoms with Gasteiger partial charge in [0.05, 0.1) is 4.90 Å². The first-order valence-electron chi connectivity index (χ1n) is 8.48. The van der Waals surface area contributed by atoms with Gasteiger partial charge in [-0.3, -0.25) is 4.31 Å². The molecule has 0 aliphatic heterocycles. The Balaban J connectivity index is 1.75. The molecule has 31 heavy (non-hydrogen) atoms. The van der Waals surface area contributed by atoms with Gasteiger partial charge < -0.3 is 14.7 Å². The van der Waals surface area contributed by atoms with E-state index in [0.717, 1.165) is 16.4 Å². The molecule has 0 unspecified atom stereocenters. The summed E-state index contributed by atoms with van der Waals surface area (Å²) >= 11 is 3.07. The van der Waals surface area contributed by atoms with Gasteiger partial charge in [0.15, 0.2) is 6.20 Å². The summed E-state index contributed by atoms with van der Waals surface area (Å²) in [6, 6.07) is 13.1. The number of halogens is 4. The molecule has 0 bridgehead atoms. The van der Waals surface area contributed by atoms with E-state index in [4.69, 9.17) is 4.74 Å². The van der Waals surface area contributed by atoms with Gasteiger partial charge >= 0.3 is 6.36 Å². The first-order valence-corrected chi connectivity index (χ1v) is 10.7. The summed E-state index contributed by atoms with van der Waals surface area (Å²) in [5.41, 5.74) is 0.152. The summed E-state index contributed by atoms with van der Waals surface area (Å²) in [7, 11) is -2.66. The van der Waals surface area contributed by atoms with Crippen LogP contribution < -0.4 is 18.5 Å². The Morgan fingerprint density at radius 3 is 2.03 bits per heavy atom. The molecule has 0 fully saturated rings. The second-order valence-corrected chi connectivity index (χ2v) is 8.80. The first kappa shape index (κ1) is 22.7. The molecule has 0 saturated carbocycles. The molecule has 12 heteroatoms. The third kappa shape index (κ3) is 5.39. The number of ether oxygens (including phenoxy) is 2. The fourth-order valence-electron chi connectivity index (χ4n) is 2.51. The molecular formula is C19H14BrF3N2O5S. The highest BCUT2D eigenvalue weighted by atomic mass is 79.9. The Hall–Kier alpha value is -2.99. The molecule has 0 aliphatic carbocycles. The van der Waals surface area contributed by atoms with Crippen LogP contribution in [0.2, 0.25) is 0 Å². The van der Waals surface area contributed by atoms with Crippen LogP contribution in [0.5, 0.6) is 17.2 Å². The number of benzene rings is 2. The third-order valence-corrected chi connectivity index (χ3v) is 6.54. The van der Waals surface area contributed by atoms with Crippen LogP contribution in [0.15, 0.2) is 76.4 Å². The molecule has 0 N–H and O–H groups in total. The molecule has 3 rings (SSSR count). The van der Waals surface area contributed by atoms with Crippen molar-refractivity contribution in [2.75, 3.05) is 11.4 Å². The SMILES string of the molecule is CN(c1ccc[n+]([O-])c1Br)S(=O)(=O)c1ccc(Oc2ccc(OC(F)(F)F)cc2)cc1. The normalized spacial score (nSPS) is 11.8. The molecule has 0 amide bonds. The average molecular weight is 519 g/mol. The zero-order chi connectivity index (χ0) is 22.8. The van der Waals surface area contributed by atoms with Crippen molar-refractivity contribution in [3.8, 4) is 17.2 Å². The first-order chi connectivity index (χ1) is 14.5. The van der Waals surface area contributed by atoms with Crippen LogP contribution in [0.1, 0.15) is 0 Å². The second kappa shape index (κ2) is 8.63. The quantitative estimate of drug-likeness (QED) is 0.270. The molecule has 1 heterocycles. The number of aromatic nitrogens is 1. The molecule has 3 aromatic rings. The lowest BCUT2D eigenvalue weighted by molar-refractivity contribution is -0.616. The van der Waals surface area contributed by atoms with E-state index >= 15 is 0 Å². The largest absolute Gasteiger partial charge is 0.618 e. The van der Waals surface area contributed by atoms with E-state index in [9.17, 15) is 26.8 Å². The van der Waals surface area contributed by atoms with Crippen LogP contribution >= 0.6 is 15.9 Å². The van der Waals surface area contributed by atoms with Gasteiger partial charge in [-0.15, -0.1) is 13.2 Å². The molecule has 164 valence electrons. The van der Waals surface area contributed by atoms with Gasteiger partial charge in [0, 0.05) is 29.0 Å². The van der Waals surface area contributed by atoms with Gasteiger partial charge in [-0.1, -0.05) is 0 Å². The summed E-state index contributed by atoms with van der Waals surface area (Å²) in [5, 5.41) is 11.7. The molecule has 1 aromatic heterocycles. The zero-order valence-corrected chi connectivity index (χ0v) is 18.1. The van der Waals surface area contributed by atoms with Gasteiger partial charge in [0.25, 0.3) is 14.6 Å². The lowest BCUT2D eigenvalue weighted by atomic mass is 10.3. The van der Waals surface area contributed by atoms with Crippen LogP contribution in [0.25, 0.3) is 0 Å². The number of hydrogen-bond acceptors (Lipinski definition) is 5. The van der Waals surface area contributed by atoms with Crippen molar-refractivity contribution in [1.82, 2.24) is 0 Å². The highest BCUT2D eigenvalue weighted by Gasteiger charge is 2.31. The predicted octanol–water partition coefficient (Wildman–Crippen LogP) is 4.60. The van der Waals surface area contributed by atoms with Gasteiger partial charge in [-0.25, -0.2) is 8.42 Å². The number of sulfonamides is 1. The van der Waals surface area contributed by atoms with Crippen molar-refractivity contribution in [2.45, 2.75) is 11.3 Å². The minimum absolute atomic E-state index is 0.0407. The third-order valence-electron chi connectivity index (χ3n) is 3.99. The van der Waals surface area contributed by atoms with Gasteiger partial charge in [0.1, 0.15) is 22.9 Å². The monoisotopic (exact) mass is 518 g/mol. The van der Waals surface area contributed by atoms with Crippen molar-refractivity contribution in [3.63, 3.8) is 0 Å². The van der Waals surface area contributed by atoms with E-state index in [2.05, 4.69) is 20.7 Å². The number of pyridine rings is 1. The molecule has 7 nitrogen and oxygen atoms in total. The minimum atomic E-state index is -4.79. The molecule has 0 aliphatic rings. The average Bonchev–Trinajstić information content (AvgIpc) is 2.70. The standard InChI is InChI=1S/C19H14BrF3N2O5S/c1-24(17-3-2-12-25(26)18(17)20)31(27,28)16-10-8-14(9-11-16)29-13-4-6-15(7-5-13)30-19(21,22)23/h2-12H,1H3. The number of alkyl halides is 3. The molecule has 2 aromatic carbocycles. The van der Waals surface area contributed by atoms with Crippen molar-refractivity contribution in [3.05, 3.63) is 76.7 Å². The Bertz CT molecular complexity index is 1170. The summed E-state index contributed by atoms with van der Waals surface area (Å²) in [6.07, 6.45) is -3.57. The Labute approximate surface area is 184 Å². The highest BCUT2D eigenvalue weighted by Crippen LogP contribution is 2.30. The van der Waals surface area contributed by atoms with Crippen LogP contribution in [-0.4, -0.2) is 21.8 Å². The maximum absolute atomic E-state index is 12.9. The summed E-state index contributed by atoms with van der Waals surface area (Å²) in [5.74, 6) is 0.107. The van der Waals surface area contributed by atoms with Gasteiger partial charge in [-0.2, -0.15) is 4.73 Å². The highest BCUT2D eigenvalue weighted by molar-refractivity contribution is 9.10.